The van der Waals surface area contributed by atoms with Crippen LogP contribution in [0.25, 0.3) is 0 Å². The molecule has 0 spiro atoms. The van der Waals surface area contributed by atoms with Crippen LogP contribution in [0, 0.1) is 5.41 Å². The van der Waals surface area contributed by atoms with E-state index in [1.54, 1.807) is 7.05 Å². The lowest BCUT2D eigenvalue weighted by atomic mass is 9.71. The van der Waals surface area contributed by atoms with E-state index in [4.69, 9.17) is 5.11 Å². The molecule has 0 aliphatic heterocycles. The molecule has 0 aromatic rings. The van der Waals surface area contributed by atoms with Crippen molar-refractivity contribution in [2.45, 2.75) is 45.4 Å². The van der Waals surface area contributed by atoms with Gasteiger partial charge in [0.15, 0.2) is 0 Å². The molecule has 0 atom stereocenters. The van der Waals surface area contributed by atoms with E-state index >= 15 is 0 Å². The molecule has 0 aromatic heterocycles. The van der Waals surface area contributed by atoms with Crippen molar-refractivity contribution in [1.82, 2.24) is 10.2 Å². The second-order valence-corrected chi connectivity index (χ2v) is 5.78. The Hall–Kier alpha value is -1.59. The number of likely N-dealkylation sites (N-methyl/N-ethyl adjacent to an activating group) is 1. The summed E-state index contributed by atoms with van der Waals surface area (Å²) in [4.78, 5) is 35.2. The summed E-state index contributed by atoms with van der Waals surface area (Å²) in [5.74, 6) is -1.22. The number of hydrogen-bond acceptors (Lipinski definition) is 3. The lowest BCUT2D eigenvalue weighted by Crippen LogP contribution is -2.44. The van der Waals surface area contributed by atoms with Crippen LogP contribution < -0.4 is 5.32 Å². The molecule has 114 valence electrons. The first-order chi connectivity index (χ1) is 9.34. The third-order valence-electron chi connectivity index (χ3n) is 4.02. The van der Waals surface area contributed by atoms with Gasteiger partial charge in [-0.25, -0.2) is 0 Å². The van der Waals surface area contributed by atoms with E-state index in [1.165, 1.54) is 11.8 Å². The fourth-order valence-corrected chi connectivity index (χ4v) is 2.71. The maximum Gasteiger partial charge on any atom is 0.303 e. The summed E-state index contributed by atoms with van der Waals surface area (Å²) in [6.07, 6.45) is 4.91. The van der Waals surface area contributed by atoms with Crippen molar-refractivity contribution in [3.8, 4) is 0 Å². The minimum Gasteiger partial charge on any atom is -0.481 e. The first-order valence-electron chi connectivity index (χ1n) is 7.05. The smallest absolute Gasteiger partial charge is 0.303 e. The molecule has 0 heterocycles. The zero-order chi connectivity index (χ0) is 15.2. The molecule has 6 heteroatoms. The van der Waals surface area contributed by atoms with E-state index in [0.29, 0.717) is 6.54 Å². The molecular formula is C14H24N2O4. The van der Waals surface area contributed by atoms with Crippen LogP contribution in [0.15, 0.2) is 0 Å². The predicted molar refractivity (Wildman–Crippen MR) is 74.1 cm³/mol. The third kappa shape index (κ3) is 5.19. The maximum absolute atomic E-state index is 11.8. The Labute approximate surface area is 119 Å². The van der Waals surface area contributed by atoms with Crippen molar-refractivity contribution in [2.24, 2.45) is 5.41 Å². The van der Waals surface area contributed by atoms with Crippen molar-refractivity contribution < 1.29 is 19.5 Å². The number of carbonyl (C=O) groups is 3. The fraction of sp³-hybridized carbons (Fsp3) is 0.786. The SMILES string of the molecule is CC(=O)N(C)CC(=O)NCC1(CC(=O)O)CCCCC1. The molecule has 1 saturated carbocycles. The Kier molecular flexibility index (Phi) is 5.98. The van der Waals surface area contributed by atoms with Crippen molar-refractivity contribution in [3.05, 3.63) is 0 Å². The van der Waals surface area contributed by atoms with Crippen LogP contribution in [0.3, 0.4) is 0 Å². The van der Waals surface area contributed by atoms with Crippen molar-refractivity contribution in [2.75, 3.05) is 20.1 Å². The van der Waals surface area contributed by atoms with E-state index in [9.17, 15) is 14.4 Å². The van der Waals surface area contributed by atoms with Crippen LogP contribution >= 0.6 is 0 Å². The van der Waals surface area contributed by atoms with Gasteiger partial charge in [-0.15, -0.1) is 0 Å². The molecule has 0 radical (unpaired) electrons. The van der Waals surface area contributed by atoms with Crippen LogP contribution in [-0.2, 0) is 14.4 Å². The number of carboxylic acids is 1. The molecule has 1 rings (SSSR count). The number of carboxylic acid groups (broad SMARTS) is 1. The summed E-state index contributed by atoms with van der Waals surface area (Å²) < 4.78 is 0. The standard InChI is InChI=1S/C14H24N2O4/c1-11(17)16(2)9-12(18)15-10-14(8-13(19)20)6-4-3-5-7-14/h3-10H2,1-2H3,(H,15,18)(H,19,20). The average Bonchev–Trinajstić information content (AvgIpc) is 2.36. The lowest BCUT2D eigenvalue weighted by Gasteiger charge is -2.36. The average molecular weight is 284 g/mol. The first-order valence-corrected chi connectivity index (χ1v) is 7.05. The summed E-state index contributed by atoms with van der Waals surface area (Å²) >= 11 is 0. The zero-order valence-corrected chi connectivity index (χ0v) is 12.3. The molecule has 0 bridgehead atoms. The van der Waals surface area contributed by atoms with Crippen LogP contribution in [0.2, 0.25) is 0 Å². The summed E-state index contributed by atoms with van der Waals surface area (Å²) in [6.45, 7) is 1.79. The number of amides is 2. The number of carbonyl (C=O) groups excluding carboxylic acids is 2. The number of nitrogens with one attached hydrogen (secondary N) is 1. The van der Waals surface area contributed by atoms with Crippen LogP contribution in [0.5, 0.6) is 0 Å². The van der Waals surface area contributed by atoms with Gasteiger partial charge in [-0.05, 0) is 18.3 Å². The highest BCUT2D eigenvalue weighted by atomic mass is 16.4. The number of nitrogens with zero attached hydrogens (tertiary/aromatic N) is 1. The zero-order valence-electron chi connectivity index (χ0n) is 12.3. The largest absolute Gasteiger partial charge is 0.481 e. The molecule has 6 nitrogen and oxygen atoms in total. The van der Waals surface area contributed by atoms with Crippen LogP contribution in [-0.4, -0.2) is 47.9 Å². The van der Waals surface area contributed by atoms with Crippen LogP contribution in [0.4, 0.5) is 0 Å². The van der Waals surface area contributed by atoms with Gasteiger partial charge in [-0.2, -0.15) is 0 Å². The molecule has 1 aliphatic carbocycles. The minimum atomic E-state index is -0.818. The molecular weight excluding hydrogens is 260 g/mol. The summed E-state index contributed by atoms with van der Waals surface area (Å²) in [5.41, 5.74) is -0.325. The summed E-state index contributed by atoms with van der Waals surface area (Å²) in [7, 11) is 1.57. The number of aliphatic carboxylic acids is 1. The van der Waals surface area contributed by atoms with Crippen molar-refractivity contribution >= 4 is 17.8 Å². The first kappa shape index (κ1) is 16.5. The summed E-state index contributed by atoms with van der Waals surface area (Å²) in [5, 5.41) is 11.8. The Bertz CT molecular complexity index is 375. The highest BCUT2D eigenvalue weighted by Crippen LogP contribution is 2.38. The van der Waals surface area contributed by atoms with E-state index in [0.717, 1.165) is 32.1 Å². The normalized spacial score (nSPS) is 17.3. The van der Waals surface area contributed by atoms with Crippen molar-refractivity contribution in [3.63, 3.8) is 0 Å². The van der Waals surface area contributed by atoms with E-state index in [-0.39, 0.29) is 30.2 Å². The van der Waals surface area contributed by atoms with E-state index < -0.39 is 5.97 Å². The topological polar surface area (TPSA) is 86.7 Å². The van der Waals surface area contributed by atoms with E-state index in [2.05, 4.69) is 5.32 Å². The van der Waals surface area contributed by atoms with Gasteiger partial charge in [-0.3, -0.25) is 14.4 Å². The third-order valence-corrected chi connectivity index (χ3v) is 4.02. The number of hydrogen-bond donors (Lipinski definition) is 2. The molecule has 0 saturated heterocycles. The van der Waals surface area contributed by atoms with E-state index in [1.807, 2.05) is 0 Å². The van der Waals surface area contributed by atoms with Gasteiger partial charge in [0, 0.05) is 20.5 Å². The Balaban J connectivity index is 2.51. The number of rotatable bonds is 6. The lowest BCUT2D eigenvalue weighted by molar-refractivity contribution is -0.140. The van der Waals surface area contributed by atoms with Gasteiger partial charge in [0.1, 0.15) is 0 Å². The van der Waals surface area contributed by atoms with Crippen LogP contribution in [0.1, 0.15) is 45.4 Å². The second kappa shape index (κ2) is 7.26. The Morgan fingerprint density at radius 1 is 1.20 bits per heavy atom. The molecule has 20 heavy (non-hydrogen) atoms. The highest BCUT2D eigenvalue weighted by molar-refractivity contribution is 5.83. The van der Waals surface area contributed by atoms with Gasteiger partial charge in [0.25, 0.3) is 0 Å². The van der Waals surface area contributed by atoms with Gasteiger partial charge >= 0.3 is 5.97 Å². The Morgan fingerprint density at radius 2 is 1.80 bits per heavy atom. The molecule has 0 aromatic carbocycles. The van der Waals surface area contributed by atoms with Gasteiger partial charge in [-0.1, -0.05) is 19.3 Å². The highest BCUT2D eigenvalue weighted by Gasteiger charge is 2.34. The molecule has 2 N–H and O–H groups in total. The molecule has 1 aliphatic rings. The van der Waals surface area contributed by atoms with Gasteiger partial charge in [0.2, 0.25) is 11.8 Å². The molecule has 2 amide bonds. The monoisotopic (exact) mass is 284 g/mol. The summed E-state index contributed by atoms with van der Waals surface area (Å²) in [6, 6.07) is 0. The quantitative estimate of drug-likeness (QED) is 0.762. The Morgan fingerprint density at radius 3 is 2.30 bits per heavy atom. The minimum absolute atomic E-state index is 0.0124. The van der Waals surface area contributed by atoms with Crippen molar-refractivity contribution in [1.29, 1.82) is 0 Å². The molecule has 1 fully saturated rings. The maximum atomic E-state index is 11.8. The predicted octanol–water partition coefficient (Wildman–Crippen LogP) is 1.01. The fourth-order valence-electron chi connectivity index (χ4n) is 2.71. The second-order valence-electron chi connectivity index (χ2n) is 5.78. The van der Waals surface area contributed by atoms with Gasteiger partial charge < -0.3 is 15.3 Å². The van der Waals surface area contributed by atoms with Gasteiger partial charge in [0.05, 0.1) is 13.0 Å². The molecule has 0 unspecified atom stereocenters.